The fourth-order valence-electron chi connectivity index (χ4n) is 5.54. The van der Waals surface area contributed by atoms with Gasteiger partial charge in [-0.15, -0.1) is 0 Å². The van der Waals surface area contributed by atoms with Crippen molar-refractivity contribution in [3.05, 3.63) is 145 Å². The van der Waals surface area contributed by atoms with E-state index in [1.165, 1.54) is 0 Å². The molecule has 0 saturated carbocycles. The summed E-state index contributed by atoms with van der Waals surface area (Å²) in [6.07, 6.45) is 0. The molecule has 0 aliphatic heterocycles. The summed E-state index contributed by atoms with van der Waals surface area (Å²) in [7, 11) is 0. The first-order valence-electron chi connectivity index (χ1n) is 17.1. The van der Waals surface area contributed by atoms with E-state index < -0.39 is 24.2 Å². The van der Waals surface area contributed by atoms with Crippen LogP contribution >= 0.6 is 0 Å². The summed E-state index contributed by atoms with van der Waals surface area (Å²) in [6, 6.07) is 25.7. The highest BCUT2D eigenvalue weighted by atomic mass is 16.3. The van der Waals surface area contributed by atoms with Gasteiger partial charge in [-0.1, -0.05) is 133 Å². The van der Waals surface area contributed by atoms with E-state index in [1.807, 2.05) is 78.9 Å². The molecule has 1 heteroatoms. The Kier molecular flexibility index (Phi) is 3.29. The molecule has 182 valence electrons. The quantitative estimate of drug-likeness (QED) is 0.218. The van der Waals surface area contributed by atoms with Gasteiger partial charge in [0.2, 0.25) is 0 Å². The van der Waals surface area contributed by atoms with Crippen LogP contribution in [0.2, 0.25) is 0 Å². The fourth-order valence-corrected chi connectivity index (χ4v) is 5.54. The molecule has 8 rings (SSSR count). The van der Waals surface area contributed by atoms with Crippen molar-refractivity contribution in [3.63, 3.8) is 0 Å². The maximum Gasteiger partial charge on any atom is 0.136 e. The van der Waals surface area contributed by atoms with Crippen LogP contribution in [0.4, 0.5) is 0 Å². The van der Waals surface area contributed by atoms with Gasteiger partial charge in [-0.05, 0) is 67.0 Å². The van der Waals surface area contributed by atoms with Crippen molar-refractivity contribution in [2.75, 3.05) is 0 Å². The molecule has 1 aromatic heterocycles. The number of fused-ring (bicyclic) bond motifs is 5. The molecule has 1 heterocycles. The van der Waals surface area contributed by atoms with Crippen molar-refractivity contribution in [1.29, 1.82) is 0 Å². The van der Waals surface area contributed by atoms with Crippen LogP contribution in [0.25, 0.3) is 76.9 Å². The second kappa shape index (κ2) is 8.72. The standard InChI is InChI=1S/C38H24O/c1-2-11-25(12-3-1)26-21-23-27(24-22-26)36-28-13-4-6-15-30(28)37(31-16-7-5-14-29(31)36)33-18-10-20-35-38(33)32-17-8-9-19-34(32)39-35/h1-24H/i8D,9D,10D,17D,18D,19D,20D,23D,24D. The van der Waals surface area contributed by atoms with Crippen molar-refractivity contribution >= 4 is 43.5 Å². The number of rotatable bonds is 3. The molecule has 0 bridgehead atoms. The number of furan rings is 1. The van der Waals surface area contributed by atoms with Crippen LogP contribution in [0.3, 0.4) is 0 Å². The Morgan fingerprint density at radius 3 is 1.67 bits per heavy atom. The molecule has 0 aliphatic carbocycles. The Labute approximate surface area is 239 Å². The summed E-state index contributed by atoms with van der Waals surface area (Å²) in [6.45, 7) is 0. The van der Waals surface area contributed by atoms with Crippen molar-refractivity contribution < 1.29 is 16.8 Å². The first-order valence-corrected chi connectivity index (χ1v) is 12.6. The summed E-state index contributed by atoms with van der Waals surface area (Å²) in [4.78, 5) is 0. The number of benzene rings is 7. The minimum Gasteiger partial charge on any atom is -0.456 e. The van der Waals surface area contributed by atoms with E-state index >= 15 is 0 Å². The molecule has 0 N–H and O–H groups in total. The SMILES string of the molecule is [2H]c1cc(-c2ccccc2)cc([2H])c1-c1c2ccccc2c(-c2c([2H])c([2H])c([2H])c3oc4c([2H])c([2H])c([2H])c([2H])c4c23)c2ccccc12. The van der Waals surface area contributed by atoms with Crippen molar-refractivity contribution in [1.82, 2.24) is 0 Å². The fraction of sp³-hybridized carbons (Fsp3) is 0. The van der Waals surface area contributed by atoms with E-state index in [1.54, 1.807) is 12.1 Å². The summed E-state index contributed by atoms with van der Waals surface area (Å²) in [5.74, 6) is 0. The van der Waals surface area contributed by atoms with Gasteiger partial charge < -0.3 is 4.42 Å². The topological polar surface area (TPSA) is 13.1 Å². The molecule has 0 saturated heterocycles. The van der Waals surface area contributed by atoms with E-state index in [9.17, 15) is 4.11 Å². The van der Waals surface area contributed by atoms with E-state index in [2.05, 4.69) is 0 Å². The van der Waals surface area contributed by atoms with Gasteiger partial charge in [0.15, 0.2) is 0 Å². The molecule has 0 atom stereocenters. The molecule has 0 fully saturated rings. The van der Waals surface area contributed by atoms with Crippen molar-refractivity contribution in [3.8, 4) is 33.4 Å². The first-order chi connectivity index (χ1) is 23.1. The van der Waals surface area contributed by atoms with Crippen LogP contribution in [-0.2, 0) is 0 Å². The van der Waals surface area contributed by atoms with Crippen molar-refractivity contribution in [2.45, 2.75) is 0 Å². The average Bonchev–Trinajstić information content (AvgIpc) is 3.50. The average molecular weight is 506 g/mol. The van der Waals surface area contributed by atoms with Gasteiger partial charge in [0, 0.05) is 10.8 Å². The van der Waals surface area contributed by atoms with Gasteiger partial charge >= 0.3 is 0 Å². The largest absolute Gasteiger partial charge is 0.456 e. The zero-order valence-electron chi connectivity index (χ0n) is 29.6. The highest BCUT2D eigenvalue weighted by Crippen LogP contribution is 2.46. The smallest absolute Gasteiger partial charge is 0.136 e. The van der Waals surface area contributed by atoms with E-state index in [0.717, 1.165) is 11.1 Å². The van der Waals surface area contributed by atoms with Crippen LogP contribution in [0.5, 0.6) is 0 Å². The first kappa shape index (κ1) is 14.7. The summed E-state index contributed by atoms with van der Waals surface area (Å²) >= 11 is 0. The summed E-state index contributed by atoms with van der Waals surface area (Å²) < 4.78 is 85.0. The Morgan fingerprint density at radius 1 is 0.410 bits per heavy atom. The lowest BCUT2D eigenvalue weighted by atomic mass is 9.84. The molecule has 0 aliphatic rings. The third-order valence-corrected chi connectivity index (χ3v) is 7.23. The molecule has 0 spiro atoms. The lowest BCUT2D eigenvalue weighted by molar-refractivity contribution is 0.669. The minimum atomic E-state index is -0.479. The minimum absolute atomic E-state index is 0.0450. The normalized spacial score (nSPS) is 14.8. The Morgan fingerprint density at radius 2 is 0.974 bits per heavy atom. The van der Waals surface area contributed by atoms with Crippen LogP contribution in [0.1, 0.15) is 12.3 Å². The monoisotopic (exact) mass is 505 g/mol. The lowest BCUT2D eigenvalue weighted by Crippen LogP contribution is -1.91. The zero-order valence-corrected chi connectivity index (χ0v) is 20.6. The van der Waals surface area contributed by atoms with E-state index in [0.29, 0.717) is 38.2 Å². The third-order valence-electron chi connectivity index (χ3n) is 7.23. The lowest BCUT2D eigenvalue weighted by Gasteiger charge is -2.18. The van der Waals surface area contributed by atoms with Crippen LogP contribution < -0.4 is 0 Å². The van der Waals surface area contributed by atoms with E-state index in [4.69, 9.17) is 12.6 Å². The second-order valence-corrected chi connectivity index (χ2v) is 9.38. The van der Waals surface area contributed by atoms with Crippen molar-refractivity contribution in [2.24, 2.45) is 0 Å². The molecule has 7 aromatic carbocycles. The van der Waals surface area contributed by atoms with Crippen LogP contribution in [0, 0.1) is 0 Å². The second-order valence-electron chi connectivity index (χ2n) is 9.38. The van der Waals surface area contributed by atoms with Crippen LogP contribution in [0.15, 0.2) is 150 Å². The van der Waals surface area contributed by atoms with Gasteiger partial charge in [0.1, 0.15) is 11.2 Å². The zero-order chi connectivity index (χ0) is 33.6. The van der Waals surface area contributed by atoms with E-state index in [-0.39, 0.29) is 57.7 Å². The van der Waals surface area contributed by atoms with Gasteiger partial charge in [-0.25, -0.2) is 0 Å². The molecule has 39 heavy (non-hydrogen) atoms. The molecular weight excluding hydrogens is 472 g/mol. The highest BCUT2D eigenvalue weighted by Gasteiger charge is 2.19. The van der Waals surface area contributed by atoms with Gasteiger partial charge in [-0.2, -0.15) is 0 Å². The molecule has 0 amide bonds. The third kappa shape index (κ3) is 3.41. The molecular formula is C38H24O. The van der Waals surface area contributed by atoms with Gasteiger partial charge in [0.25, 0.3) is 0 Å². The Hall–Kier alpha value is -5.14. The molecule has 0 radical (unpaired) electrons. The van der Waals surface area contributed by atoms with Gasteiger partial charge in [0.05, 0.1) is 12.3 Å². The predicted octanol–water partition coefficient (Wildman–Crippen LogP) is 10.9. The highest BCUT2D eigenvalue weighted by molar-refractivity contribution is 6.25. The molecule has 0 unspecified atom stereocenters. The summed E-state index contributed by atoms with van der Waals surface area (Å²) in [5, 5.41) is 2.91. The number of para-hydroxylation sites is 1. The van der Waals surface area contributed by atoms with Gasteiger partial charge in [-0.3, -0.25) is 0 Å². The van der Waals surface area contributed by atoms with Crippen LogP contribution in [-0.4, -0.2) is 0 Å². The maximum absolute atomic E-state index is 9.23. The Bertz CT molecular complexity index is 2580. The molecule has 8 aromatic rings. The Balaban J connectivity index is 1.56. The molecule has 1 nitrogen and oxygen atoms in total. The predicted molar refractivity (Wildman–Crippen MR) is 165 cm³/mol. The number of hydrogen-bond donors (Lipinski definition) is 0. The maximum atomic E-state index is 9.23. The summed E-state index contributed by atoms with van der Waals surface area (Å²) in [5.41, 5.74) is 3.28. The number of hydrogen-bond acceptors (Lipinski definition) is 1.